The molecule has 2 nitrogen and oxygen atoms in total. The van der Waals surface area contributed by atoms with Crippen LogP contribution in [0.4, 0.5) is 5.69 Å². The average Bonchev–Trinajstić information content (AvgIpc) is 2.70. The highest BCUT2D eigenvalue weighted by Crippen LogP contribution is 2.26. The maximum absolute atomic E-state index is 4.80. The number of aromatic nitrogens is 1. The minimum atomic E-state index is 1.04. The Balaban J connectivity index is 1.41. The number of benzene rings is 2. The van der Waals surface area contributed by atoms with Gasteiger partial charge >= 0.3 is 0 Å². The van der Waals surface area contributed by atoms with Gasteiger partial charge in [-0.1, -0.05) is 89.0 Å². The number of rotatable bonds is 12. The lowest BCUT2D eigenvalue weighted by Crippen LogP contribution is -2.02. The first kappa shape index (κ1) is 19.7. The summed E-state index contributed by atoms with van der Waals surface area (Å²) in [6.45, 7) is 3.33. The van der Waals surface area contributed by atoms with E-state index in [4.69, 9.17) is 4.98 Å². The molecule has 0 amide bonds. The van der Waals surface area contributed by atoms with Crippen LogP contribution in [0, 0.1) is 0 Å². The molecule has 0 atom stereocenters. The summed E-state index contributed by atoms with van der Waals surface area (Å²) < 4.78 is 0. The summed E-state index contributed by atoms with van der Waals surface area (Å²) in [7, 11) is 0. The first-order valence-corrected chi connectivity index (χ1v) is 10.9. The molecule has 0 bridgehead atoms. The van der Waals surface area contributed by atoms with Gasteiger partial charge in [0.15, 0.2) is 0 Å². The second-order valence-corrected chi connectivity index (χ2v) is 7.66. The SMILES string of the molecule is CCCCCCCCCCCCNc1cccc2nc3ccccc3cc12. The molecule has 1 heterocycles. The van der Waals surface area contributed by atoms with E-state index in [9.17, 15) is 0 Å². The van der Waals surface area contributed by atoms with Crippen molar-refractivity contribution in [3.05, 3.63) is 48.5 Å². The minimum Gasteiger partial charge on any atom is -0.384 e. The zero-order chi connectivity index (χ0) is 18.7. The highest BCUT2D eigenvalue weighted by molar-refractivity contribution is 5.99. The zero-order valence-electron chi connectivity index (χ0n) is 16.8. The first-order valence-electron chi connectivity index (χ1n) is 10.9. The molecule has 1 aromatic heterocycles. The largest absolute Gasteiger partial charge is 0.384 e. The maximum atomic E-state index is 4.80. The lowest BCUT2D eigenvalue weighted by molar-refractivity contribution is 0.560. The van der Waals surface area contributed by atoms with Gasteiger partial charge in [-0.3, -0.25) is 0 Å². The van der Waals surface area contributed by atoms with E-state index in [1.807, 2.05) is 0 Å². The molecule has 0 aliphatic rings. The van der Waals surface area contributed by atoms with Gasteiger partial charge < -0.3 is 5.32 Å². The van der Waals surface area contributed by atoms with Gasteiger partial charge in [-0.25, -0.2) is 4.98 Å². The molecule has 0 fully saturated rings. The van der Waals surface area contributed by atoms with Crippen LogP contribution in [0.3, 0.4) is 0 Å². The van der Waals surface area contributed by atoms with Gasteiger partial charge in [0.2, 0.25) is 0 Å². The summed E-state index contributed by atoms with van der Waals surface area (Å²) in [5.41, 5.74) is 3.35. The Hall–Kier alpha value is -2.09. The predicted octanol–water partition coefficient (Wildman–Crippen LogP) is 7.72. The monoisotopic (exact) mass is 362 g/mol. The summed E-state index contributed by atoms with van der Waals surface area (Å²) in [4.78, 5) is 4.80. The molecule has 3 rings (SSSR count). The van der Waals surface area contributed by atoms with E-state index in [0.29, 0.717) is 0 Å². The van der Waals surface area contributed by atoms with Crippen LogP contribution in [-0.2, 0) is 0 Å². The quantitative estimate of drug-likeness (QED) is 0.263. The minimum absolute atomic E-state index is 1.04. The molecule has 0 spiro atoms. The Morgan fingerprint density at radius 1 is 0.704 bits per heavy atom. The Morgan fingerprint density at radius 2 is 1.37 bits per heavy atom. The van der Waals surface area contributed by atoms with Crippen LogP contribution >= 0.6 is 0 Å². The Kier molecular flexibility index (Phi) is 7.95. The molecule has 0 unspecified atom stereocenters. The fraction of sp³-hybridized carbons (Fsp3) is 0.480. The molecular formula is C25H34N2. The third-order valence-electron chi connectivity index (χ3n) is 5.41. The van der Waals surface area contributed by atoms with Crippen LogP contribution in [-0.4, -0.2) is 11.5 Å². The lowest BCUT2D eigenvalue weighted by atomic mass is 10.1. The molecule has 27 heavy (non-hydrogen) atoms. The average molecular weight is 363 g/mol. The number of hydrogen-bond donors (Lipinski definition) is 1. The standard InChI is InChI=1S/C25H34N2/c1-2-3-4-5-6-7-8-9-10-13-19-26-24-17-14-18-25-22(24)20-21-15-11-12-16-23(21)27-25/h11-12,14-18,20,26H,2-10,13,19H2,1H3. The third kappa shape index (κ3) is 5.95. The Labute approximate surface area is 164 Å². The molecule has 1 N–H and O–H groups in total. The van der Waals surface area contributed by atoms with Gasteiger partial charge in [0.05, 0.1) is 11.0 Å². The number of fused-ring (bicyclic) bond motifs is 2. The third-order valence-corrected chi connectivity index (χ3v) is 5.41. The van der Waals surface area contributed by atoms with Crippen molar-refractivity contribution in [1.82, 2.24) is 4.98 Å². The summed E-state index contributed by atoms with van der Waals surface area (Å²) in [5, 5.41) is 6.07. The van der Waals surface area contributed by atoms with E-state index in [-0.39, 0.29) is 0 Å². The molecule has 0 aliphatic heterocycles. The van der Waals surface area contributed by atoms with Gasteiger partial charge in [-0.2, -0.15) is 0 Å². The van der Waals surface area contributed by atoms with E-state index in [2.05, 4.69) is 60.8 Å². The van der Waals surface area contributed by atoms with Crippen molar-refractivity contribution >= 4 is 27.5 Å². The molecule has 144 valence electrons. The molecule has 3 aromatic rings. The maximum Gasteiger partial charge on any atom is 0.0730 e. The van der Waals surface area contributed by atoms with Crippen molar-refractivity contribution in [2.75, 3.05) is 11.9 Å². The van der Waals surface area contributed by atoms with E-state index in [0.717, 1.165) is 17.6 Å². The second kappa shape index (κ2) is 10.9. The van der Waals surface area contributed by atoms with Crippen LogP contribution in [0.5, 0.6) is 0 Å². The number of para-hydroxylation sites is 1. The molecule has 0 aliphatic carbocycles. The van der Waals surface area contributed by atoms with Crippen molar-refractivity contribution in [3.63, 3.8) is 0 Å². The van der Waals surface area contributed by atoms with Crippen LogP contribution < -0.4 is 5.32 Å². The number of nitrogens with zero attached hydrogens (tertiary/aromatic N) is 1. The van der Waals surface area contributed by atoms with Crippen molar-refractivity contribution < 1.29 is 0 Å². The van der Waals surface area contributed by atoms with Crippen molar-refractivity contribution in [2.24, 2.45) is 0 Å². The molecule has 2 heteroatoms. The summed E-state index contributed by atoms with van der Waals surface area (Å²) >= 11 is 0. The van der Waals surface area contributed by atoms with Crippen molar-refractivity contribution in [2.45, 2.75) is 71.1 Å². The zero-order valence-corrected chi connectivity index (χ0v) is 16.8. The second-order valence-electron chi connectivity index (χ2n) is 7.66. The van der Waals surface area contributed by atoms with Gasteiger partial charge in [0, 0.05) is 23.0 Å². The number of unbranched alkanes of at least 4 members (excludes halogenated alkanes) is 9. The van der Waals surface area contributed by atoms with E-state index >= 15 is 0 Å². The Bertz CT molecular complexity index is 825. The van der Waals surface area contributed by atoms with Crippen LogP contribution in [0.1, 0.15) is 71.1 Å². The normalized spacial score (nSPS) is 11.3. The fourth-order valence-corrected chi connectivity index (χ4v) is 3.79. The van der Waals surface area contributed by atoms with Crippen molar-refractivity contribution in [1.29, 1.82) is 0 Å². The van der Waals surface area contributed by atoms with Crippen LogP contribution in [0.2, 0.25) is 0 Å². The van der Waals surface area contributed by atoms with Crippen LogP contribution in [0.25, 0.3) is 21.8 Å². The molecule has 0 radical (unpaired) electrons. The van der Waals surface area contributed by atoms with Gasteiger partial charge in [-0.05, 0) is 30.7 Å². The summed E-state index contributed by atoms with van der Waals surface area (Å²) in [6, 6.07) is 17.0. The van der Waals surface area contributed by atoms with Gasteiger partial charge in [0.25, 0.3) is 0 Å². The van der Waals surface area contributed by atoms with E-state index < -0.39 is 0 Å². The number of anilines is 1. The number of hydrogen-bond acceptors (Lipinski definition) is 2. The Morgan fingerprint density at radius 3 is 2.15 bits per heavy atom. The predicted molar refractivity (Wildman–Crippen MR) is 120 cm³/mol. The van der Waals surface area contributed by atoms with E-state index in [1.165, 1.54) is 80.7 Å². The number of pyridine rings is 1. The number of nitrogens with one attached hydrogen (secondary N) is 1. The molecule has 0 saturated carbocycles. The molecular weight excluding hydrogens is 328 g/mol. The topological polar surface area (TPSA) is 24.9 Å². The first-order chi connectivity index (χ1) is 13.4. The van der Waals surface area contributed by atoms with Gasteiger partial charge in [-0.15, -0.1) is 0 Å². The van der Waals surface area contributed by atoms with Gasteiger partial charge in [0.1, 0.15) is 0 Å². The summed E-state index contributed by atoms with van der Waals surface area (Å²) in [5.74, 6) is 0. The molecule has 0 saturated heterocycles. The van der Waals surface area contributed by atoms with Crippen LogP contribution in [0.15, 0.2) is 48.5 Å². The highest BCUT2D eigenvalue weighted by atomic mass is 14.9. The summed E-state index contributed by atoms with van der Waals surface area (Å²) in [6.07, 6.45) is 13.8. The smallest absolute Gasteiger partial charge is 0.0730 e. The van der Waals surface area contributed by atoms with Crippen molar-refractivity contribution in [3.8, 4) is 0 Å². The lowest BCUT2D eigenvalue weighted by Gasteiger charge is -2.10. The highest BCUT2D eigenvalue weighted by Gasteiger charge is 2.04. The fourth-order valence-electron chi connectivity index (χ4n) is 3.79. The molecule has 2 aromatic carbocycles. The van der Waals surface area contributed by atoms with E-state index in [1.54, 1.807) is 0 Å².